The number of unbranched alkanes of at least 4 members (excludes halogenated alkanes) is 3. The maximum absolute atomic E-state index is 13.9. The third-order valence-corrected chi connectivity index (χ3v) is 5.27. The van der Waals surface area contributed by atoms with Crippen molar-refractivity contribution in [3.05, 3.63) is 54.1 Å². The molecule has 0 bridgehead atoms. The van der Waals surface area contributed by atoms with Gasteiger partial charge in [-0.25, -0.2) is 21.9 Å². The fourth-order valence-corrected chi connectivity index (χ4v) is 3.59. The van der Waals surface area contributed by atoms with Gasteiger partial charge in [-0.05, 0) is 49.2 Å². The van der Waals surface area contributed by atoms with Gasteiger partial charge in [0, 0.05) is 18.2 Å². The molecule has 0 saturated carbocycles. The minimum atomic E-state index is -3.68. The lowest BCUT2D eigenvalue weighted by Gasteiger charge is -2.09. The first-order chi connectivity index (χ1) is 11.9. The van der Waals surface area contributed by atoms with E-state index < -0.39 is 21.7 Å². The molecule has 0 radical (unpaired) electrons. The molecule has 0 unspecified atom stereocenters. The van der Waals surface area contributed by atoms with Gasteiger partial charge >= 0.3 is 0 Å². The standard InChI is InChI=1S/C18H22F2N2O2S/c19-15-8-9-17(18(20)13-15)14-6-5-7-16(12-14)25(23,24)22-11-4-2-1-3-10-21/h5-9,12-13,22H,1-4,10-11,21H2. The molecule has 4 nitrogen and oxygen atoms in total. The van der Waals surface area contributed by atoms with Gasteiger partial charge in [0.05, 0.1) is 4.90 Å². The molecule has 2 aromatic carbocycles. The molecule has 0 aliphatic carbocycles. The third kappa shape index (κ3) is 5.59. The molecule has 0 aliphatic heterocycles. The minimum absolute atomic E-state index is 0.0516. The highest BCUT2D eigenvalue weighted by Gasteiger charge is 2.15. The Kier molecular flexibility index (Phi) is 7.04. The quantitative estimate of drug-likeness (QED) is 0.666. The predicted octanol–water partition coefficient (Wildman–Crippen LogP) is 3.43. The number of halogens is 2. The molecular weight excluding hydrogens is 346 g/mol. The Morgan fingerprint density at radius 1 is 0.960 bits per heavy atom. The van der Waals surface area contributed by atoms with E-state index in [0.29, 0.717) is 18.7 Å². The topological polar surface area (TPSA) is 72.2 Å². The molecule has 0 saturated heterocycles. The number of rotatable bonds is 9. The normalized spacial score (nSPS) is 11.6. The monoisotopic (exact) mass is 368 g/mol. The summed E-state index contributed by atoms with van der Waals surface area (Å²) in [4.78, 5) is 0.0516. The molecule has 2 rings (SSSR count). The number of hydrogen-bond donors (Lipinski definition) is 2. The van der Waals surface area contributed by atoms with Crippen LogP contribution in [-0.4, -0.2) is 21.5 Å². The summed E-state index contributed by atoms with van der Waals surface area (Å²) in [5, 5.41) is 0. The van der Waals surface area contributed by atoms with Crippen molar-refractivity contribution in [3.8, 4) is 11.1 Å². The molecule has 136 valence electrons. The summed E-state index contributed by atoms with van der Waals surface area (Å²) >= 11 is 0. The van der Waals surface area contributed by atoms with Gasteiger partial charge in [0.25, 0.3) is 0 Å². The average molecular weight is 368 g/mol. The smallest absolute Gasteiger partial charge is 0.240 e. The number of sulfonamides is 1. The van der Waals surface area contributed by atoms with Crippen molar-refractivity contribution in [1.29, 1.82) is 0 Å². The fourth-order valence-electron chi connectivity index (χ4n) is 2.47. The second-order valence-corrected chi connectivity index (χ2v) is 7.52. The van der Waals surface area contributed by atoms with Crippen LogP contribution >= 0.6 is 0 Å². The van der Waals surface area contributed by atoms with E-state index in [2.05, 4.69) is 4.72 Å². The first-order valence-electron chi connectivity index (χ1n) is 8.19. The molecule has 0 spiro atoms. The molecule has 25 heavy (non-hydrogen) atoms. The van der Waals surface area contributed by atoms with Gasteiger partial charge in [0.15, 0.2) is 0 Å². The minimum Gasteiger partial charge on any atom is -0.330 e. The lowest BCUT2D eigenvalue weighted by Crippen LogP contribution is -2.24. The van der Waals surface area contributed by atoms with Crippen LogP contribution in [0.3, 0.4) is 0 Å². The molecule has 0 aromatic heterocycles. The molecule has 0 atom stereocenters. The zero-order chi connectivity index (χ0) is 18.3. The predicted molar refractivity (Wildman–Crippen MR) is 94.5 cm³/mol. The number of nitrogens with one attached hydrogen (secondary N) is 1. The Morgan fingerprint density at radius 2 is 1.72 bits per heavy atom. The maximum Gasteiger partial charge on any atom is 0.240 e. The summed E-state index contributed by atoms with van der Waals surface area (Å²) in [5.41, 5.74) is 5.94. The van der Waals surface area contributed by atoms with Crippen molar-refractivity contribution in [2.45, 2.75) is 30.6 Å². The van der Waals surface area contributed by atoms with E-state index in [1.165, 1.54) is 24.3 Å². The highest BCUT2D eigenvalue weighted by atomic mass is 32.2. The lowest BCUT2D eigenvalue weighted by molar-refractivity contribution is 0.572. The molecule has 0 heterocycles. The Morgan fingerprint density at radius 3 is 2.44 bits per heavy atom. The Bertz CT molecular complexity index is 810. The van der Waals surface area contributed by atoms with Crippen LogP contribution in [0.5, 0.6) is 0 Å². The largest absolute Gasteiger partial charge is 0.330 e. The van der Waals surface area contributed by atoms with Crippen LogP contribution in [0.2, 0.25) is 0 Å². The fraction of sp³-hybridized carbons (Fsp3) is 0.333. The van der Waals surface area contributed by atoms with Gasteiger partial charge in [-0.3, -0.25) is 0 Å². The Hall–Kier alpha value is -1.83. The van der Waals surface area contributed by atoms with E-state index in [1.807, 2.05) is 0 Å². The first-order valence-corrected chi connectivity index (χ1v) is 9.67. The van der Waals surface area contributed by atoms with Crippen LogP contribution in [0.15, 0.2) is 47.4 Å². The van der Waals surface area contributed by atoms with Crippen LogP contribution in [-0.2, 0) is 10.0 Å². The molecule has 0 fully saturated rings. The first kappa shape index (κ1) is 19.5. The van der Waals surface area contributed by atoms with Gasteiger partial charge < -0.3 is 5.73 Å². The molecule has 0 amide bonds. The highest BCUT2D eigenvalue weighted by Crippen LogP contribution is 2.25. The molecule has 3 N–H and O–H groups in total. The summed E-state index contributed by atoms with van der Waals surface area (Å²) in [6, 6.07) is 9.15. The summed E-state index contributed by atoms with van der Waals surface area (Å²) in [7, 11) is -3.68. The van der Waals surface area contributed by atoms with Crippen molar-refractivity contribution in [3.63, 3.8) is 0 Å². The van der Waals surface area contributed by atoms with Gasteiger partial charge in [0.2, 0.25) is 10.0 Å². The highest BCUT2D eigenvalue weighted by molar-refractivity contribution is 7.89. The molecular formula is C18H22F2N2O2S. The van der Waals surface area contributed by atoms with E-state index in [9.17, 15) is 17.2 Å². The van der Waals surface area contributed by atoms with E-state index in [0.717, 1.165) is 37.8 Å². The van der Waals surface area contributed by atoms with Crippen LogP contribution in [0.4, 0.5) is 8.78 Å². The van der Waals surface area contributed by atoms with Gasteiger partial charge in [-0.15, -0.1) is 0 Å². The number of nitrogens with two attached hydrogens (primary N) is 1. The van der Waals surface area contributed by atoms with E-state index in [-0.39, 0.29) is 10.5 Å². The van der Waals surface area contributed by atoms with E-state index >= 15 is 0 Å². The number of hydrogen-bond acceptors (Lipinski definition) is 3. The summed E-state index contributed by atoms with van der Waals surface area (Å²) in [6.07, 6.45) is 3.53. The average Bonchev–Trinajstić information content (AvgIpc) is 2.58. The number of benzene rings is 2. The Balaban J connectivity index is 2.09. The molecule has 0 aliphatic rings. The van der Waals surface area contributed by atoms with Crippen molar-refractivity contribution >= 4 is 10.0 Å². The van der Waals surface area contributed by atoms with Crippen molar-refractivity contribution < 1.29 is 17.2 Å². The van der Waals surface area contributed by atoms with Gasteiger partial charge in [-0.1, -0.05) is 25.0 Å². The van der Waals surface area contributed by atoms with Crippen LogP contribution < -0.4 is 10.5 Å². The van der Waals surface area contributed by atoms with E-state index in [1.54, 1.807) is 6.07 Å². The van der Waals surface area contributed by atoms with Gasteiger partial charge in [-0.2, -0.15) is 0 Å². The van der Waals surface area contributed by atoms with Crippen LogP contribution in [0, 0.1) is 11.6 Å². The molecule has 7 heteroatoms. The summed E-state index contributed by atoms with van der Waals surface area (Å²) in [5.74, 6) is -1.41. The maximum atomic E-state index is 13.9. The SMILES string of the molecule is NCCCCCCNS(=O)(=O)c1cccc(-c2ccc(F)cc2F)c1. The molecule has 2 aromatic rings. The second-order valence-electron chi connectivity index (χ2n) is 5.75. The van der Waals surface area contributed by atoms with Crippen LogP contribution in [0.25, 0.3) is 11.1 Å². The summed E-state index contributed by atoms with van der Waals surface area (Å²) < 4.78 is 54.2. The zero-order valence-electron chi connectivity index (χ0n) is 13.8. The van der Waals surface area contributed by atoms with Crippen molar-refractivity contribution in [1.82, 2.24) is 4.72 Å². The van der Waals surface area contributed by atoms with Crippen molar-refractivity contribution in [2.24, 2.45) is 5.73 Å². The third-order valence-electron chi connectivity index (χ3n) is 3.81. The van der Waals surface area contributed by atoms with Crippen molar-refractivity contribution in [2.75, 3.05) is 13.1 Å². The second kappa shape index (κ2) is 9.03. The van der Waals surface area contributed by atoms with E-state index in [4.69, 9.17) is 5.73 Å². The lowest BCUT2D eigenvalue weighted by atomic mass is 10.1. The Labute approximate surface area is 147 Å². The van der Waals surface area contributed by atoms with Crippen LogP contribution in [0.1, 0.15) is 25.7 Å². The zero-order valence-corrected chi connectivity index (χ0v) is 14.7. The summed E-state index contributed by atoms with van der Waals surface area (Å²) in [6.45, 7) is 0.973. The van der Waals surface area contributed by atoms with Gasteiger partial charge in [0.1, 0.15) is 11.6 Å².